The molecular formula is C9H11NO4S. The summed E-state index contributed by atoms with van der Waals surface area (Å²) in [5, 5.41) is 11.5. The van der Waals surface area contributed by atoms with Crippen LogP contribution in [-0.2, 0) is 4.79 Å². The van der Waals surface area contributed by atoms with E-state index in [1.807, 2.05) is 6.26 Å². The zero-order chi connectivity index (χ0) is 11.4. The number of rotatable bonds is 4. The van der Waals surface area contributed by atoms with Crippen LogP contribution < -0.4 is 5.32 Å². The fourth-order valence-corrected chi connectivity index (χ4v) is 1.26. The number of nitrogens with one attached hydrogen (secondary N) is 1. The summed E-state index contributed by atoms with van der Waals surface area (Å²) >= 11 is 1.37. The van der Waals surface area contributed by atoms with Crippen molar-refractivity contribution < 1.29 is 19.1 Å². The van der Waals surface area contributed by atoms with Crippen LogP contribution in [-0.4, -0.2) is 29.3 Å². The van der Waals surface area contributed by atoms with E-state index in [-0.39, 0.29) is 5.76 Å². The highest BCUT2D eigenvalue weighted by Crippen LogP contribution is 2.17. The molecule has 15 heavy (non-hydrogen) atoms. The minimum absolute atomic E-state index is 0.118. The van der Waals surface area contributed by atoms with Crippen molar-refractivity contribution in [2.24, 2.45) is 0 Å². The van der Waals surface area contributed by atoms with Gasteiger partial charge in [-0.05, 0) is 25.3 Å². The van der Waals surface area contributed by atoms with Gasteiger partial charge in [-0.25, -0.2) is 0 Å². The fourth-order valence-electron chi connectivity index (χ4n) is 0.881. The van der Waals surface area contributed by atoms with Gasteiger partial charge in [0.25, 0.3) is 5.91 Å². The van der Waals surface area contributed by atoms with Crippen LogP contribution in [0.5, 0.6) is 0 Å². The molecule has 0 saturated carbocycles. The number of thioether (sulfide) groups is 1. The molecule has 1 rings (SSSR count). The molecule has 0 unspecified atom stereocenters. The normalized spacial score (nSPS) is 12.1. The number of carbonyl (C=O) groups is 2. The van der Waals surface area contributed by atoms with Gasteiger partial charge in [0, 0.05) is 0 Å². The number of furan rings is 1. The zero-order valence-electron chi connectivity index (χ0n) is 8.31. The van der Waals surface area contributed by atoms with E-state index in [4.69, 9.17) is 9.52 Å². The van der Waals surface area contributed by atoms with E-state index in [1.165, 1.54) is 24.8 Å². The third-order valence-corrected chi connectivity index (χ3v) is 2.35. The highest BCUT2D eigenvalue weighted by Gasteiger charge is 2.17. The predicted octanol–water partition coefficient (Wildman–Crippen LogP) is 1.20. The molecule has 0 aliphatic rings. The number of amides is 1. The monoisotopic (exact) mass is 229 g/mol. The van der Waals surface area contributed by atoms with Crippen molar-refractivity contribution in [3.05, 3.63) is 17.9 Å². The minimum Gasteiger partial charge on any atom is -0.480 e. The fraction of sp³-hybridized carbons (Fsp3) is 0.333. The van der Waals surface area contributed by atoms with E-state index in [2.05, 4.69) is 5.32 Å². The Balaban J connectivity index is 2.65. The molecule has 1 atom stereocenters. The van der Waals surface area contributed by atoms with E-state index >= 15 is 0 Å². The molecule has 6 heteroatoms. The Labute approximate surface area is 90.8 Å². The molecule has 2 N–H and O–H groups in total. The molecule has 1 heterocycles. The summed E-state index contributed by atoms with van der Waals surface area (Å²) in [6, 6.07) is 2.24. The van der Waals surface area contributed by atoms with Gasteiger partial charge in [-0.15, -0.1) is 0 Å². The van der Waals surface area contributed by atoms with E-state index in [0.29, 0.717) is 5.09 Å². The third kappa shape index (κ3) is 3.02. The Hall–Kier alpha value is -1.43. The van der Waals surface area contributed by atoms with Crippen LogP contribution in [0.3, 0.4) is 0 Å². The van der Waals surface area contributed by atoms with Crippen molar-refractivity contribution in [3.63, 3.8) is 0 Å². The number of hydrogen-bond acceptors (Lipinski definition) is 4. The van der Waals surface area contributed by atoms with Gasteiger partial charge < -0.3 is 14.8 Å². The molecule has 0 aliphatic heterocycles. The summed E-state index contributed by atoms with van der Waals surface area (Å²) in [5.74, 6) is -1.49. The second kappa shape index (κ2) is 4.88. The summed E-state index contributed by atoms with van der Waals surface area (Å²) in [6.07, 6.45) is 1.82. The number of carboxylic acids is 1. The molecule has 1 aromatic rings. The van der Waals surface area contributed by atoms with Gasteiger partial charge in [0.2, 0.25) is 0 Å². The lowest BCUT2D eigenvalue weighted by molar-refractivity contribution is -0.138. The van der Waals surface area contributed by atoms with Crippen LogP contribution in [0.4, 0.5) is 0 Å². The lowest BCUT2D eigenvalue weighted by Gasteiger charge is -2.06. The van der Waals surface area contributed by atoms with E-state index in [9.17, 15) is 9.59 Å². The van der Waals surface area contributed by atoms with Gasteiger partial charge in [-0.2, -0.15) is 0 Å². The average Bonchev–Trinajstić information content (AvgIpc) is 2.65. The molecule has 0 fully saturated rings. The molecule has 0 saturated heterocycles. The van der Waals surface area contributed by atoms with Gasteiger partial charge >= 0.3 is 5.97 Å². The summed E-state index contributed by atoms with van der Waals surface area (Å²) in [4.78, 5) is 21.9. The topological polar surface area (TPSA) is 79.5 Å². The van der Waals surface area contributed by atoms with Gasteiger partial charge in [-0.3, -0.25) is 9.59 Å². The first kappa shape index (κ1) is 11.6. The molecule has 5 nitrogen and oxygen atoms in total. The zero-order valence-corrected chi connectivity index (χ0v) is 9.13. The van der Waals surface area contributed by atoms with E-state index < -0.39 is 17.9 Å². The van der Waals surface area contributed by atoms with Crippen LogP contribution in [0.15, 0.2) is 21.6 Å². The number of carbonyl (C=O) groups excluding carboxylic acids is 1. The summed E-state index contributed by atoms with van der Waals surface area (Å²) < 4.78 is 5.13. The standard InChI is InChI=1S/C9H11NO4S/c1-5(9(12)13)10-8(11)6-3-4-7(14-6)15-2/h3-5H,1-2H3,(H,10,11)(H,12,13)/t5-/m1/s1. The van der Waals surface area contributed by atoms with Crippen LogP contribution in [0.2, 0.25) is 0 Å². The Bertz CT molecular complexity index is 374. The first-order valence-electron chi connectivity index (χ1n) is 4.22. The number of carboxylic acid groups (broad SMARTS) is 1. The Morgan fingerprint density at radius 1 is 1.53 bits per heavy atom. The summed E-state index contributed by atoms with van der Waals surface area (Å²) in [6.45, 7) is 1.39. The second-order valence-corrected chi connectivity index (χ2v) is 3.67. The molecule has 82 valence electrons. The summed E-state index contributed by atoms with van der Waals surface area (Å²) in [5.41, 5.74) is 0. The van der Waals surface area contributed by atoms with Crippen molar-refractivity contribution in [1.29, 1.82) is 0 Å². The van der Waals surface area contributed by atoms with Crippen LogP contribution in [0, 0.1) is 0 Å². The highest BCUT2D eigenvalue weighted by atomic mass is 32.2. The van der Waals surface area contributed by atoms with Gasteiger partial charge in [0.15, 0.2) is 10.9 Å². The molecule has 0 aliphatic carbocycles. The number of hydrogen-bond donors (Lipinski definition) is 2. The molecule has 0 aromatic carbocycles. The molecule has 1 amide bonds. The summed E-state index contributed by atoms with van der Waals surface area (Å²) in [7, 11) is 0. The largest absolute Gasteiger partial charge is 0.480 e. The van der Waals surface area contributed by atoms with Crippen LogP contribution in [0.25, 0.3) is 0 Å². The maximum absolute atomic E-state index is 11.4. The number of aliphatic carboxylic acids is 1. The highest BCUT2D eigenvalue weighted by molar-refractivity contribution is 7.98. The lowest BCUT2D eigenvalue weighted by atomic mass is 10.3. The lowest BCUT2D eigenvalue weighted by Crippen LogP contribution is -2.38. The van der Waals surface area contributed by atoms with E-state index in [1.54, 1.807) is 6.07 Å². The van der Waals surface area contributed by atoms with Crippen molar-refractivity contribution in [2.45, 2.75) is 18.1 Å². The maximum Gasteiger partial charge on any atom is 0.325 e. The second-order valence-electron chi connectivity index (χ2n) is 2.86. The molecular weight excluding hydrogens is 218 g/mol. The third-order valence-electron chi connectivity index (χ3n) is 1.72. The van der Waals surface area contributed by atoms with Crippen LogP contribution in [0.1, 0.15) is 17.5 Å². The van der Waals surface area contributed by atoms with Crippen LogP contribution >= 0.6 is 11.8 Å². The first-order chi connectivity index (χ1) is 7.04. The van der Waals surface area contributed by atoms with E-state index in [0.717, 1.165) is 0 Å². The average molecular weight is 229 g/mol. The first-order valence-corrected chi connectivity index (χ1v) is 5.44. The van der Waals surface area contributed by atoms with Crippen molar-refractivity contribution >= 4 is 23.6 Å². The van der Waals surface area contributed by atoms with Crippen molar-refractivity contribution in [3.8, 4) is 0 Å². The minimum atomic E-state index is -1.08. The quantitative estimate of drug-likeness (QED) is 0.758. The SMILES string of the molecule is CSc1ccc(C(=O)N[C@H](C)C(=O)O)o1. The Kier molecular flexibility index (Phi) is 3.79. The predicted molar refractivity (Wildman–Crippen MR) is 55.1 cm³/mol. The van der Waals surface area contributed by atoms with Crippen molar-refractivity contribution in [2.75, 3.05) is 6.26 Å². The molecule has 0 spiro atoms. The molecule has 0 bridgehead atoms. The van der Waals surface area contributed by atoms with Gasteiger partial charge in [0.05, 0.1) is 0 Å². The Morgan fingerprint density at radius 2 is 2.20 bits per heavy atom. The van der Waals surface area contributed by atoms with Gasteiger partial charge in [0.1, 0.15) is 6.04 Å². The van der Waals surface area contributed by atoms with Gasteiger partial charge in [-0.1, -0.05) is 11.8 Å². The molecule has 0 radical (unpaired) electrons. The molecule has 1 aromatic heterocycles. The Morgan fingerprint density at radius 3 is 2.67 bits per heavy atom. The maximum atomic E-state index is 11.4. The van der Waals surface area contributed by atoms with Crippen molar-refractivity contribution in [1.82, 2.24) is 5.32 Å². The smallest absolute Gasteiger partial charge is 0.325 e.